The van der Waals surface area contributed by atoms with Crippen molar-refractivity contribution in [3.05, 3.63) is 65.7 Å². The average Bonchev–Trinajstić information content (AvgIpc) is 2.84. The van der Waals surface area contributed by atoms with Gasteiger partial charge in [0.25, 0.3) is 0 Å². The first-order valence-corrected chi connectivity index (χ1v) is 12.8. The van der Waals surface area contributed by atoms with Gasteiger partial charge < -0.3 is 9.64 Å². The molecule has 1 saturated heterocycles. The third kappa shape index (κ3) is 5.14. The molecule has 2 aliphatic rings. The Morgan fingerprint density at radius 2 is 1.62 bits per heavy atom. The van der Waals surface area contributed by atoms with Crippen molar-refractivity contribution in [1.82, 2.24) is 14.1 Å². The van der Waals surface area contributed by atoms with Crippen LogP contribution in [0.3, 0.4) is 0 Å². The third-order valence-corrected chi connectivity index (χ3v) is 8.14. The van der Waals surface area contributed by atoms with Crippen molar-refractivity contribution >= 4 is 15.9 Å². The van der Waals surface area contributed by atoms with E-state index in [0.29, 0.717) is 26.1 Å². The van der Waals surface area contributed by atoms with Crippen molar-refractivity contribution in [2.45, 2.75) is 25.9 Å². The van der Waals surface area contributed by atoms with E-state index >= 15 is 0 Å². The summed E-state index contributed by atoms with van der Waals surface area (Å²) in [7, 11) is -3.49. The molecular formula is C24H31N3O4S. The van der Waals surface area contributed by atoms with E-state index in [1.807, 2.05) is 59.5 Å². The van der Waals surface area contributed by atoms with Crippen LogP contribution in [0.4, 0.5) is 0 Å². The highest BCUT2D eigenvalue weighted by Gasteiger charge is 2.40. The summed E-state index contributed by atoms with van der Waals surface area (Å²) in [6, 6.07) is 16.9. The first-order chi connectivity index (χ1) is 15.5. The SMILES string of the molecule is CCS(=O)(=O)N1Cc2ccccc2CC1C(=O)N1CCN(CCOc2ccccc2)CC1. The van der Waals surface area contributed by atoms with Crippen molar-refractivity contribution in [3.63, 3.8) is 0 Å². The second kappa shape index (κ2) is 10.0. The molecule has 1 fully saturated rings. The minimum atomic E-state index is -3.49. The summed E-state index contributed by atoms with van der Waals surface area (Å²) in [5.41, 5.74) is 2.04. The average molecular weight is 458 g/mol. The molecular weight excluding hydrogens is 426 g/mol. The maximum atomic E-state index is 13.4. The second-order valence-corrected chi connectivity index (χ2v) is 10.5. The molecule has 2 aromatic carbocycles. The van der Waals surface area contributed by atoms with Crippen LogP contribution in [0.2, 0.25) is 0 Å². The number of rotatable bonds is 7. The van der Waals surface area contributed by atoms with E-state index in [4.69, 9.17) is 4.74 Å². The molecule has 2 aromatic rings. The number of sulfonamides is 1. The van der Waals surface area contributed by atoms with Crippen molar-refractivity contribution in [2.75, 3.05) is 45.1 Å². The summed E-state index contributed by atoms with van der Waals surface area (Å²) < 4.78 is 32.8. The molecule has 0 spiro atoms. The van der Waals surface area contributed by atoms with Gasteiger partial charge >= 0.3 is 0 Å². The van der Waals surface area contributed by atoms with Crippen LogP contribution >= 0.6 is 0 Å². The Bertz CT molecular complexity index is 1020. The number of benzene rings is 2. The first kappa shape index (κ1) is 22.8. The smallest absolute Gasteiger partial charge is 0.241 e. The van der Waals surface area contributed by atoms with Crippen molar-refractivity contribution in [3.8, 4) is 5.75 Å². The molecule has 4 rings (SSSR count). The van der Waals surface area contributed by atoms with Gasteiger partial charge in [0, 0.05) is 39.3 Å². The number of para-hydroxylation sites is 1. The van der Waals surface area contributed by atoms with Crippen LogP contribution in [0.25, 0.3) is 0 Å². The summed E-state index contributed by atoms with van der Waals surface area (Å²) in [6.45, 7) is 6.00. The molecule has 0 bridgehead atoms. The van der Waals surface area contributed by atoms with Gasteiger partial charge in [0.2, 0.25) is 15.9 Å². The zero-order valence-corrected chi connectivity index (χ0v) is 19.3. The summed E-state index contributed by atoms with van der Waals surface area (Å²) in [5, 5.41) is 0. The zero-order chi connectivity index (χ0) is 22.6. The Kier molecular flexibility index (Phi) is 7.13. The highest BCUT2D eigenvalue weighted by molar-refractivity contribution is 7.89. The first-order valence-electron chi connectivity index (χ1n) is 11.2. The number of carbonyl (C=O) groups is 1. The largest absolute Gasteiger partial charge is 0.492 e. The Morgan fingerprint density at radius 3 is 2.31 bits per heavy atom. The fourth-order valence-electron chi connectivity index (χ4n) is 4.38. The molecule has 172 valence electrons. The lowest BCUT2D eigenvalue weighted by Crippen LogP contribution is -2.57. The quantitative estimate of drug-likeness (QED) is 0.636. The molecule has 32 heavy (non-hydrogen) atoms. The lowest BCUT2D eigenvalue weighted by Gasteiger charge is -2.40. The number of nitrogens with zero attached hydrogens (tertiary/aromatic N) is 3. The van der Waals surface area contributed by atoms with E-state index < -0.39 is 16.1 Å². The third-order valence-electron chi connectivity index (χ3n) is 6.32. The molecule has 2 heterocycles. The molecule has 2 aliphatic heterocycles. The summed E-state index contributed by atoms with van der Waals surface area (Å²) in [6.07, 6.45) is 0.430. The van der Waals surface area contributed by atoms with E-state index in [9.17, 15) is 13.2 Å². The van der Waals surface area contributed by atoms with Gasteiger partial charge in [-0.2, -0.15) is 4.31 Å². The summed E-state index contributed by atoms with van der Waals surface area (Å²) in [5.74, 6) is 0.765. The lowest BCUT2D eigenvalue weighted by molar-refractivity contribution is -0.137. The Hall–Kier alpha value is -2.42. The van der Waals surface area contributed by atoms with Crippen molar-refractivity contribution in [1.29, 1.82) is 0 Å². The molecule has 0 N–H and O–H groups in total. The van der Waals surface area contributed by atoms with E-state index in [2.05, 4.69) is 4.90 Å². The minimum Gasteiger partial charge on any atom is -0.492 e. The van der Waals surface area contributed by atoms with Gasteiger partial charge in [-0.25, -0.2) is 8.42 Å². The van der Waals surface area contributed by atoms with Gasteiger partial charge in [0.05, 0.1) is 5.75 Å². The Labute approximate surface area is 190 Å². The van der Waals surface area contributed by atoms with Gasteiger partial charge in [0.1, 0.15) is 18.4 Å². The molecule has 0 aromatic heterocycles. The predicted molar refractivity (Wildman–Crippen MR) is 124 cm³/mol. The van der Waals surface area contributed by atoms with Gasteiger partial charge in [-0.05, 0) is 36.6 Å². The van der Waals surface area contributed by atoms with Crippen molar-refractivity contribution < 1.29 is 17.9 Å². The second-order valence-electron chi connectivity index (χ2n) is 8.26. The van der Waals surface area contributed by atoms with Gasteiger partial charge in [0.15, 0.2) is 0 Å². The van der Waals surface area contributed by atoms with Gasteiger partial charge in [-0.1, -0.05) is 42.5 Å². The van der Waals surface area contributed by atoms with Crippen LogP contribution in [-0.4, -0.2) is 79.6 Å². The number of ether oxygens (including phenoxy) is 1. The van der Waals surface area contributed by atoms with E-state index in [1.54, 1.807) is 6.92 Å². The van der Waals surface area contributed by atoms with E-state index in [0.717, 1.165) is 36.5 Å². The van der Waals surface area contributed by atoms with Crippen LogP contribution < -0.4 is 4.74 Å². The highest BCUT2D eigenvalue weighted by atomic mass is 32.2. The van der Waals surface area contributed by atoms with Gasteiger partial charge in [-0.3, -0.25) is 9.69 Å². The molecule has 7 nitrogen and oxygen atoms in total. The van der Waals surface area contributed by atoms with Crippen LogP contribution in [-0.2, 0) is 27.8 Å². The molecule has 1 unspecified atom stereocenters. The summed E-state index contributed by atoms with van der Waals surface area (Å²) >= 11 is 0. The number of hydrogen-bond donors (Lipinski definition) is 0. The maximum absolute atomic E-state index is 13.4. The Morgan fingerprint density at radius 1 is 0.969 bits per heavy atom. The van der Waals surface area contributed by atoms with E-state index in [1.165, 1.54) is 4.31 Å². The lowest BCUT2D eigenvalue weighted by atomic mass is 9.95. The predicted octanol–water partition coefficient (Wildman–Crippen LogP) is 1.99. The highest BCUT2D eigenvalue weighted by Crippen LogP contribution is 2.27. The molecule has 0 aliphatic carbocycles. The standard InChI is InChI=1S/C24H31N3O4S/c1-2-32(29,30)27-19-21-9-7-6-8-20(21)18-23(27)24(28)26-14-12-25(13-15-26)16-17-31-22-10-4-3-5-11-22/h3-11,23H,2,12-19H2,1H3. The number of fused-ring (bicyclic) bond motifs is 1. The van der Waals surface area contributed by atoms with Crippen molar-refractivity contribution in [2.24, 2.45) is 0 Å². The number of hydrogen-bond acceptors (Lipinski definition) is 5. The molecule has 1 amide bonds. The number of piperazine rings is 1. The molecule has 1 atom stereocenters. The molecule has 0 radical (unpaired) electrons. The van der Waals surface area contributed by atoms with Crippen LogP contribution in [0.5, 0.6) is 5.75 Å². The van der Waals surface area contributed by atoms with Gasteiger partial charge in [-0.15, -0.1) is 0 Å². The summed E-state index contributed by atoms with van der Waals surface area (Å²) in [4.78, 5) is 17.5. The monoisotopic (exact) mass is 457 g/mol. The fraction of sp³-hybridized carbons (Fsp3) is 0.458. The zero-order valence-electron chi connectivity index (χ0n) is 18.5. The van der Waals surface area contributed by atoms with Crippen LogP contribution in [0.15, 0.2) is 54.6 Å². The molecule has 0 saturated carbocycles. The van der Waals surface area contributed by atoms with Crippen LogP contribution in [0.1, 0.15) is 18.1 Å². The maximum Gasteiger partial charge on any atom is 0.241 e. The number of carbonyl (C=O) groups excluding carboxylic acids is 1. The van der Waals surface area contributed by atoms with E-state index in [-0.39, 0.29) is 18.2 Å². The topological polar surface area (TPSA) is 70.2 Å². The minimum absolute atomic E-state index is 0.00581. The van der Waals surface area contributed by atoms with Crippen LogP contribution in [0, 0.1) is 0 Å². The number of amides is 1. The Balaban J connectivity index is 1.36. The molecule has 8 heteroatoms. The normalized spacial score (nSPS) is 20.0. The fourth-order valence-corrected chi connectivity index (χ4v) is 5.60.